The van der Waals surface area contributed by atoms with Crippen LogP contribution in [0.1, 0.15) is 28.8 Å². The lowest BCUT2D eigenvalue weighted by molar-refractivity contribution is -0.139. The molecule has 0 spiro atoms. The fourth-order valence-electron chi connectivity index (χ4n) is 1.61. The standard InChI is InChI=1S/C13H16N2O5/c1-7-2-3-8(10(16)6-7)12(18)15-9(13(19)20)4-5-11(14)17/h2-3,6,9,16H,4-5H2,1H3,(H2,14,17)(H,15,18)(H,19,20)/t9-/m1/s1. The summed E-state index contributed by atoms with van der Waals surface area (Å²) in [5.74, 6) is -2.88. The number of rotatable bonds is 6. The third kappa shape index (κ3) is 4.27. The maximum Gasteiger partial charge on any atom is 0.326 e. The zero-order chi connectivity index (χ0) is 15.3. The number of benzene rings is 1. The van der Waals surface area contributed by atoms with E-state index < -0.39 is 23.8 Å². The van der Waals surface area contributed by atoms with E-state index in [2.05, 4.69) is 5.32 Å². The second-order valence-corrected chi connectivity index (χ2v) is 4.39. The van der Waals surface area contributed by atoms with Crippen molar-refractivity contribution < 1.29 is 24.6 Å². The molecule has 5 N–H and O–H groups in total. The minimum Gasteiger partial charge on any atom is -0.507 e. The SMILES string of the molecule is Cc1ccc(C(=O)N[C@H](CCC(N)=O)C(=O)O)c(O)c1. The average Bonchev–Trinajstić information content (AvgIpc) is 2.33. The summed E-state index contributed by atoms with van der Waals surface area (Å²) in [6, 6.07) is 3.17. The van der Waals surface area contributed by atoms with Crippen LogP contribution in [0.5, 0.6) is 5.75 Å². The fourth-order valence-corrected chi connectivity index (χ4v) is 1.61. The number of aliphatic carboxylic acids is 1. The fraction of sp³-hybridized carbons (Fsp3) is 0.308. The van der Waals surface area contributed by atoms with E-state index in [4.69, 9.17) is 10.8 Å². The molecule has 0 aromatic heterocycles. The Morgan fingerprint density at radius 3 is 2.50 bits per heavy atom. The number of carbonyl (C=O) groups excluding carboxylic acids is 2. The number of phenols is 1. The van der Waals surface area contributed by atoms with Gasteiger partial charge in [0.15, 0.2) is 0 Å². The number of carboxylic acids is 1. The van der Waals surface area contributed by atoms with Gasteiger partial charge in [0.1, 0.15) is 11.8 Å². The highest BCUT2D eigenvalue weighted by molar-refractivity contribution is 5.98. The van der Waals surface area contributed by atoms with Crippen LogP contribution in [-0.4, -0.2) is 34.0 Å². The Labute approximate surface area is 115 Å². The van der Waals surface area contributed by atoms with Crippen molar-refractivity contribution in [3.8, 4) is 5.75 Å². The normalized spacial score (nSPS) is 11.7. The first-order valence-electron chi connectivity index (χ1n) is 5.93. The van der Waals surface area contributed by atoms with Gasteiger partial charge in [0.2, 0.25) is 5.91 Å². The number of aryl methyl sites for hydroxylation is 1. The summed E-state index contributed by atoms with van der Waals surface area (Å²) in [4.78, 5) is 33.5. The summed E-state index contributed by atoms with van der Waals surface area (Å²) in [7, 11) is 0. The third-order valence-corrected chi connectivity index (χ3v) is 2.68. The molecule has 20 heavy (non-hydrogen) atoms. The second kappa shape index (κ2) is 6.55. The molecule has 2 amide bonds. The summed E-state index contributed by atoms with van der Waals surface area (Å²) in [6.45, 7) is 1.74. The van der Waals surface area contributed by atoms with Crippen molar-refractivity contribution in [1.82, 2.24) is 5.32 Å². The van der Waals surface area contributed by atoms with E-state index in [1.54, 1.807) is 13.0 Å². The predicted octanol–water partition coefficient (Wildman–Crippen LogP) is 0.149. The van der Waals surface area contributed by atoms with Crippen LogP contribution in [0.4, 0.5) is 0 Å². The molecule has 0 aliphatic carbocycles. The quantitative estimate of drug-likeness (QED) is 0.589. The summed E-state index contributed by atoms with van der Waals surface area (Å²) >= 11 is 0. The number of primary amides is 1. The number of carbonyl (C=O) groups is 3. The molecule has 7 nitrogen and oxygen atoms in total. The Bertz CT molecular complexity index is 542. The molecule has 0 bridgehead atoms. The number of amides is 2. The molecule has 1 aromatic carbocycles. The number of carboxylic acid groups (broad SMARTS) is 1. The Balaban J connectivity index is 2.80. The first-order valence-corrected chi connectivity index (χ1v) is 5.93. The number of phenolic OH excluding ortho intramolecular Hbond substituents is 1. The van der Waals surface area contributed by atoms with Gasteiger partial charge in [-0.25, -0.2) is 4.79 Å². The van der Waals surface area contributed by atoms with Gasteiger partial charge in [-0.05, 0) is 31.0 Å². The second-order valence-electron chi connectivity index (χ2n) is 4.39. The van der Waals surface area contributed by atoms with Crippen LogP contribution in [-0.2, 0) is 9.59 Å². The van der Waals surface area contributed by atoms with Gasteiger partial charge < -0.3 is 21.3 Å². The van der Waals surface area contributed by atoms with E-state index in [9.17, 15) is 19.5 Å². The van der Waals surface area contributed by atoms with Gasteiger partial charge >= 0.3 is 5.97 Å². The summed E-state index contributed by atoms with van der Waals surface area (Å²) in [5, 5.41) is 20.9. The molecule has 1 atom stereocenters. The number of hydrogen-bond donors (Lipinski definition) is 4. The monoisotopic (exact) mass is 280 g/mol. The predicted molar refractivity (Wildman–Crippen MR) is 70.2 cm³/mol. The maximum absolute atomic E-state index is 11.9. The van der Waals surface area contributed by atoms with Crippen LogP contribution in [0.3, 0.4) is 0 Å². The molecule has 0 radical (unpaired) electrons. The van der Waals surface area contributed by atoms with E-state index in [1.165, 1.54) is 12.1 Å². The molecule has 0 fully saturated rings. The molecule has 1 aromatic rings. The van der Waals surface area contributed by atoms with Crippen molar-refractivity contribution in [3.05, 3.63) is 29.3 Å². The highest BCUT2D eigenvalue weighted by Gasteiger charge is 2.22. The Morgan fingerprint density at radius 2 is 2.00 bits per heavy atom. The molecular formula is C13H16N2O5. The van der Waals surface area contributed by atoms with Gasteiger partial charge in [-0.15, -0.1) is 0 Å². The van der Waals surface area contributed by atoms with Crippen molar-refractivity contribution in [2.24, 2.45) is 5.73 Å². The van der Waals surface area contributed by atoms with Crippen LogP contribution >= 0.6 is 0 Å². The van der Waals surface area contributed by atoms with Crippen LogP contribution in [0.2, 0.25) is 0 Å². The Morgan fingerprint density at radius 1 is 1.35 bits per heavy atom. The number of hydrogen-bond acceptors (Lipinski definition) is 4. The van der Waals surface area contributed by atoms with Gasteiger partial charge in [-0.2, -0.15) is 0 Å². The lowest BCUT2D eigenvalue weighted by Crippen LogP contribution is -2.41. The van der Waals surface area contributed by atoms with Crippen LogP contribution < -0.4 is 11.1 Å². The number of aromatic hydroxyl groups is 1. The van der Waals surface area contributed by atoms with Gasteiger partial charge in [-0.1, -0.05) is 6.07 Å². The first-order chi connectivity index (χ1) is 9.31. The number of nitrogens with one attached hydrogen (secondary N) is 1. The minimum atomic E-state index is -1.27. The van der Waals surface area contributed by atoms with Crippen molar-refractivity contribution in [3.63, 3.8) is 0 Å². The van der Waals surface area contributed by atoms with E-state index in [1.807, 2.05) is 0 Å². The van der Waals surface area contributed by atoms with Crippen molar-refractivity contribution in [2.45, 2.75) is 25.8 Å². The highest BCUT2D eigenvalue weighted by atomic mass is 16.4. The Hall–Kier alpha value is -2.57. The molecule has 1 rings (SSSR count). The molecule has 0 unspecified atom stereocenters. The van der Waals surface area contributed by atoms with Crippen LogP contribution in [0, 0.1) is 6.92 Å². The molecule has 108 valence electrons. The third-order valence-electron chi connectivity index (χ3n) is 2.68. The topological polar surface area (TPSA) is 130 Å². The van der Waals surface area contributed by atoms with E-state index >= 15 is 0 Å². The number of nitrogens with two attached hydrogens (primary N) is 1. The minimum absolute atomic E-state index is 0.0269. The van der Waals surface area contributed by atoms with Crippen molar-refractivity contribution >= 4 is 17.8 Å². The van der Waals surface area contributed by atoms with Gasteiger partial charge in [-0.3, -0.25) is 9.59 Å². The molecule has 0 heterocycles. The molecule has 7 heteroatoms. The Kier molecular flexibility index (Phi) is 5.08. The average molecular weight is 280 g/mol. The summed E-state index contributed by atoms with van der Waals surface area (Å²) < 4.78 is 0. The maximum atomic E-state index is 11.9. The molecule has 0 aliphatic rings. The zero-order valence-corrected chi connectivity index (χ0v) is 10.9. The summed E-state index contributed by atoms with van der Waals surface area (Å²) in [5.41, 5.74) is 5.68. The van der Waals surface area contributed by atoms with Crippen molar-refractivity contribution in [1.29, 1.82) is 0 Å². The lowest BCUT2D eigenvalue weighted by Gasteiger charge is -2.14. The van der Waals surface area contributed by atoms with E-state index in [0.717, 1.165) is 5.56 Å². The molecule has 0 aliphatic heterocycles. The largest absolute Gasteiger partial charge is 0.507 e. The molecule has 0 saturated heterocycles. The smallest absolute Gasteiger partial charge is 0.326 e. The highest BCUT2D eigenvalue weighted by Crippen LogP contribution is 2.18. The summed E-state index contributed by atoms with van der Waals surface area (Å²) in [6.07, 6.45) is -0.264. The molecule has 0 saturated carbocycles. The van der Waals surface area contributed by atoms with Gasteiger partial charge in [0, 0.05) is 6.42 Å². The van der Waals surface area contributed by atoms with Gasteiger partial charge in [0.25, 0.3) is 5.91 Å². The van der Waals surface area contributed by atoms with Crippen LogP contribution in [0.15, 0.2) is 18.2 Å². The van der Waals surface area contributed by atoms with Gasteiger partial charge in [0.05, 0.1) is 5.56 Å². The van der Waals surface area contributed by atoms with E-state index in [-0.39, 0.29) is 24.2 Å². The van der Waals surface area contributed by atoms with Crippen molar-refractivity contribution in [2.75, 3.05) is 0 Å². The van der Waals surface area contributed by atoms with Crippen LogP contribution in [0.25, 0.3) is 0 Å². The zero-order valence-electron chi connectivity index (χ0n) is 10.9. The van der Waals surface area contributed by atoms with E-state index in [0.29, 0.717) is 0 Å². The first kappa shape index (κ1) is 15.5. The lowest BCUT2D eigenvalue weighted by atomic mass is 10.1. The molecular weight excluding hydrogens is 264 g/mol.